The molecule has 1 N–H and O–H groups in total. The normalized spacial score (nSPS) is 11.1. The van der Waals surface area contributed by atoms with E-state index >= 15 is 0 Å². The molecule has 0 bridgehead atoms. The van der Waals surface area contributed by atoms with E-state index in [2.05, 4.69) is 19.9 Å². The summed E-state index contributed by atoms with van der Waals surface area (Å²) < 4.78 is 5.94. The number of carbonyl (C=O) groups excluding carboxylic acids is 1. The molecule has 0 unspecified atom stereocenters. The minimum atomic E-state index is -0.245. The van der Waals surface area contributed by atoms with Crippen molar-refractivity contribution < 1.29 is 9.21 Å². The van der Waals surface area contributed by atoms with Crippen molar-refractivity contribution >= 4 is 39.2 Å². The van der Waals surface area contributed by atoms with Gasteiger partial charge in [0.25, 0.3) is 11.5 Å². The molecule has 1 amide bonds. The van der Waals surface area contributed by atoms with Crippen LogP contribution in [0, 0.1) is 6.92 Å². The Hall–Kier alpha value is -2.98. The number of nitrogens with zero attached hydrogens (tertiary/aromatic N) is 4. The Morgan fingerprint density at radius 2 is 2.14 bits per heavy atom. The Bertz CT molecular complexity index is 1250. The fourth-order valence-corrected chi connectivity index (χ4v) is 4.28. The van der Waals surface area contributed by atoms with Crippen molar-refractivity contribution in [3.63, 3.8) is 0 Å². The number of amides is 1. The van der Waals surface area contributed by atoms with Crippen LogP contribution in [0.2, 0.25) is 0 Å². The molecule has 4 rings (SSSR count). The van der Waals surface area contributed by atoms with E-state index < -0.39 is 0 Å². The first-order valence-electron chi connectivity index (χ1n) is 8.66. The Balaban J connectivity index is 1.65. The maximum absolute atomic E-state index is 13.1. The van der Waals surface area contributed by atoms with Crippen LogP contribution in [-0.4, -0.2) is 44.0 Å². The molecule has 0 radical (unpaired) electrons. The first kappa shape index (κ1) is 19.3. The average molecular weight is 428 g/mol. The van der Waals surface area contributed by atoms with Gasteiger partial charge in [0.1, 0.15) is 15.6 Å². The minimum Gasteiger partial charge on any atom is -0.461 e. The van der Waals surface area contributed by atoms with E-state index in [0.717, 1.165) is 0 Å². The lowest BCUT2D eigenvalue weighted by Gasteiger charge is -2.19. The summed E-state index contributed by atoms with van der Waals surface area (Å²) in [5, 5.41) is 2.38. The first-order valence-corrected chi connectivity index (χ1v) is 10.8. The predicted molar refractivity (Wildman–Crippen MR) is 112 cm³/mol. The third-order valence-corrected chi connectivity index (χ3v) is 5.89. The van der Waals surface area contributed by atoms with Crippen molar-refractivity contribution in [2.75, 3.05) is 13.3 Å². The molecule has 4 heterocycles. The van der Waals surface area contributed by atoms with Gasteiger partial charge in [0.05, 0.1) is 29.6 Å². The number of furan rings is 1. The molecular formula is C19H17N5O3S2. The highest BCUT2D eigenvalue weighted by Crippen LogP contribution is 2.26. The smallest absolute Gasteiger partial charge is 0.268 e. The molecule has 0 aliphatic heterocycles. The molecule has 8 nitrogen and oxygen atoms in total. The second-order valence-electron chi connectivity index (χ2n) is 6.30. The number of hydrogen-bond donors (Lipinski definition) is 1. The maximum Gasteiger partial charge on any atom is 0.268 e. The van der Waals surface area contributed by atoms with E-state index in [9.17, 15) is 9.59 Å². The van der Waals surface area contributed by atoms with Crippen LogP contribution in [0.15, 0.2) is 44.1 Å². The van der Waals surface area contributed by atoms with E-state index in [1.165, 1.54) is 28.0 Å². The third kappa shape index (κ3) is 3.68. The Morgan fingerprint density at radius 3 is 2.86 bits per heavy atom. The summed E-state index contributed by atoms with van der Waals surface area (Å²) in [6.07, 6.45) is 3.41. The van der Waals surface area contributed by atoms with Crippen molar-refractivity contribution in [2.45, 2.75) is 18.5 Å². The molecular weight excluding hydrogens is 410 g/mol. The van der Waals surface area contributed by atoms with Crippen LogP contribution in [0.3, 0.4) is 0 Å². The predicted octanol–water partition coefficient (Wildman–Crippen LogP) is 3.34. The van der Waals surface area contributed by atoms with Gasteiger partial charge in [-0.1, -0.05) is 0 Å². The Kier molecular flexibility index (Phi) is 5.20. The van der Waals surface area contributed by atoms with E-state index in [-0.39, 0.29) is 18.0 Å². The number of thiophene rings is 1. The average Bonchev–Trinajstić information content (AvgIpc) is 3.38. The van der Waals surface area contributed by atoms with Gasteiger partial charge in [-0.15, -0.1) is 23.1 Å². The summed E-state index contributed by atoms with van der Waals surface area (Å²) in [6.45, 7) is 1.93. The Morgan fingerprint density at radius 1 is 1.31 bits per heavy atom. The monoisotopic (exact) mass is 427 g/mol. The largest absolute Gasteiger partial charge is 0.461 e. The number of nitrogens with one attached hydrogen (secondary N) is 1. The van der Waals surface area contributed by atoms with E-state index in [4.69, 9.17) is 4.42 Å². The van der Waals surface area contributed by atoms with Crippen molar-refractivity contribution in [1.82, 2.24) is 24.8 Å². The van der Waals surface area contributed by atoms with Crippen LogP contribution >= 0.6 is 23.1 Å². The van der Waals surface area contributed by atoms with Crippen molar-refractivity contribution in [1.29, 1.82) is 0 Å². The molecule has 0 spiro atoms. The summed E-state index contributed by atoms with van der Waals surface area (Å²) in [4.78, 5) is 42.9. The molecule has 4 aromatic rings. The lowest BCUT2D eigenvalue weighted by Crippen LogP contribution is -2.29. The zero-order chi connectivity index (χ0) is 20.5. The lowest BCUT2D eigenvalue weighted by atomic mass is 10.2. The van der Waals surface area contributed by atoms with Crippen molar-refractivity contribution in [3.8, 4) is 11.6 Å². The van der Waals surface area contributed by atoms with Crippen LogP contribution in [-0.2, 0) is 6.54 Å². The molecule has 0 atom stereocenters. The van der Waals surface area contributed by atoms with E-state index in [0.29, 0.717) is 43.9 Å². The van der Waals surface area contributed by atoms with Gasteiger partial charge in [-0.05, 0) is 36.8 Å². The van der Waals surface area contributed by atoms with Crippen LogP contribution in [0.25, 0.3) is 21.8 Å². The summed E-state index contributed by atoms with van der Waals surface area (Å²) in [6, 6.07) is 5.32. The second-order valence-corrected chi connectivity index (χ2v) is 8.01. The number of carbonyl (C=O) groups is 1. The molecule has 0 aromatic carbocycles. The highest BCUT2D eigenvalue weighted by molar-refractivity contribution is 7.98. The lowest BCUT2D eigenvalue weighted by molar-refractivity contribution is 0.0776. The Labute approximate surface area is 174 Å². The molecule has 0 saturated heterocycles. The summed E-state index contributed by atoms with van der Waals surface area (Å²) in [5.74, 6) is 1.16. The SMILES string of the molecule is CSc1nc(-c2ccco2)nc(C)c1C(=O)N(C)Cc1nc2ccsc2c(=O)[nH]1. The van der Waals surface area contributed by atoms with Crippen molar-refractivity contribution in [2.24, 2.45) is 0 Å². The van der Waals surface area contributed by atoms with Gasteiger partial charge in [0, 0.05) is 7.05 Å². The second kappa shape index (κ2) is 7.80. The fourth-order valence-electron chi connectivity index (χ4n) is 2.94. The molecule has 0 fully saturated rings. The highest BCUT2D eigenvalue weighted by Gasteiger charge is 2.23. The quantitative estimate of drug-likeness (QED) is 0.385. The number of hydrogen-bond acceptors (Lipinski definition) is 8. The molecule has 0 saturated carbocycles. The van der Waals surface area contributed by atoms with Gasteiger partial charge in [-0.25, -0.2) is 15.0 Å². The number of H-pyrrole nitrogens is 1. The van der Waals surface area contributed by atoms with Crippen LogP contribution < -0.4 is 5.56 Å². The van der Waals surface area contributed by atoms with E-state index in [1.807, 2.05) is 11.6 Å². The molecule has 29 heavy (non-hydrogen) atoms. The van der Waals surface area contributed by atoms with Gasteiger partial charge in [0.15, 0.2) is 11.6 Å². The van der Waals surface area contributed by atoms with Crippen molar-refractivity contribution in [3.05, 3.63) is 57.3 Å². The van der Waals surface area contributed by atoms with E-state index in [1.54, 1.807) is 38.4 Å². The number of aryl methyl sites for hydroxylation is 1. The minimum absolute atomic E-state index is 0.160. The number of aromatic amines is 1. The summed E-state index contributed by atoms with van der Waals surface area (Å²) in [5.41, 5.74) is 1.41. The number of rotatable bonds is 5. The number of aromatic nitrogens is 4. The van der Waals surface area contributed by atoms with Gasteiger partial charge >= 0.3 is 0 Å². The van der Waals surface area contributed by atoms with Gasteiger partial charge < -0.3 is 14.3 Å². The van der Waals surface area contributed by atoms with Crippen LogP contribution in [0.5, 0.6) is 0 Å². The van der Waals surface area contributed by atoms with Gasteiger partial charge in [-0.3, -0.25) is 9.59 Å². The molecule has 148 valence electrons. The molecule has 4 aromatic heterocycles. The number of thioether (sulfide) groups is 1. The zero-order valence-corrected chi connectivity index (χ0v) is 17.6. The standard InChI is InChI=1S/C19H17N5O3S2/c1-10-14(18(28-3)23-16(20-10)12-5-4-7-27-12)19(26)24(2)9-13-21-11-6-8-29-15(11)17(25)22-13/h4-8H,9H2,1-3H3,(H,21,22,25). The molecule has 10 heteroatoms. The maximum atomic E-state index is 13.1. The number of fused-ring (bicyclic) bond motifs is 1. The fraction of sp³-hybridized carbons (Fsp3) is 0.211. The van der Waals surface area contributed by atoms with Gasteiger partial charge in [0.2, 0.25) is 0 Å². The van der Waals surface area contributed by atoms with Crippen LogP contribution in [0.1, 0.15) is 21.9 Å². The molecule has 0 aliphatic carbocycles. The zero-order valence-electron chi connectivity index (χ0n) is 15.9. The summed E-state index contributed by atoms with van der Waals surface area (Å²) >= 11 is 2.70. The molecule has 0 aliphatic rings. The van der Waals surface area contributed by atoms with Crippen LogP contribution in [0.4, 0.5) is 0 Å². The first-order chi connectivity index (χ1) is 14.0. The third-order valence-electron chi connectivity index (χ3n) is 4.30. The highest BCUT2D eigenvalue weighted by atomic mass is 32.2. The van der Waals surface area contributed by atoms with Gasteiger partial charge in [-0.2, -0.15) is 0 Å². The topological polar surface area (TPSA) is 105 Å². The summed E-state index contributed by atoms with van der Waals surface area (Å²) in [7, 11) is 1.66.